The Morgan fingerprint density at radius 1 is 1.15 bits per heavy atom. The predicted molar refractivity (Wildman–Crippen MR) is 76.3 cm³/mol. The number of hydrogen-bond donors (Lipinski definition) is 2. The molecule has 1 aromatic heterocycles. The van der Waals surface area contributed by atoms with Gasteiger partial charge in [-0.1, -0.05) is 37.3 Å². The Morgan fingerprint density at radius 2 is 1.85 bits per heavy atom. The van der Waals surface area contributed by atoms with Crippen LogP contribution in [0.3, 0.4) is 0 Å². The molecule has 0 fully saturated rings. The van der Waals surface area contributed by atoms with E-state index in [1.165, 1.54) is 6.33 Å². The molecular weight excluding hydrogens is 254 g/mol. The maximum absolute atomic E-state index is 9.83. The first kappa shape index (κ1) is 14.7. The quantitative estimate of drug-likeness (QED) is 0.795. The second-order valence-corrected chi connectivity index (χ2v) is 5.04. The lowest BCUT2D eigenvalue weighted by molar-refractivity contribution is 0.113. The van der Waals surface area contributed by atoms with Gasteiger partial charge in [-0.05, 0) is 12.0 Å². The summed E-state index contributed by atoms with van der Waals surface area (Å²) in [6.07, 6.45) is 2.95. The molecule has 20 heavy (non-hydrogen) atoms. The summed E-state index contributed by atoms with van der Waals surface area (Å²) in [5, 5.41) is 23.9. The van der Waals surface area contributed by atoms with Gasteiger partial charge in [0.05, 0.1) is 13.2 Å². The molecule has 2 N–H and O–H groups in total. The minimum absolute atomic E-state index is 0.132. The third kappa shape index (κ3) is 2.89. The number of nitrogens with zero attached hydrogens (tertiary/aromatic N) is 3. The van der Waals surface area contributed by atoms with Crippen LogP contribution >= 0.6 is 0 Å². The van der Waals surface area contributed by atoms with Crippen molar-refractivity contribution in [3.63, 3.8) is 0 Å². The molecule has 0 atom stereocenters. The van der Waals surface area contributed by atoms with Gasteiger partial charge in [0.1, 0.15) is 12.2 Å². The van der Waals surface area contributed by atoms with Gasteiger partial charge in [0.2, 0.25) is 0 Å². The van der Waals surface area contributed by atoms with Gasteiger partial charge in [0, 0.05) is 18.4 Å². The maximum Gasteiger partial charge on any atom is 0.138 e. The standard InChI is InChI=1S/C15H21N3O2/c1-2-8-18-14(16-12-17-18)9-15(10-19,11-20)13-6-4-3-5-7-13/h3-7,12,19-20H,2,8-11H2,1H3. The summed E-state index contributed by atoms with van der Waals surface area (Å²) in [6.45, 7) is 2.60. The highest BCUT2D eigenvalue weighted by atomic mass is 16.3. The number of rotatable bonds is 7. The predicted octanol–water partition coefficient (Wildman–Crippen LogP) is 1.15. The smallest absolute Gasteiger partial charge is 0.138 e. The summed E-state index contributed by atoms with van der Waals surface area (Å²) in [5.41, 5.74) is 0.191. The first-order valence-corrected chi connectivity index (χ1v) is 6.89. The van der Waals surface area contributed by atoms with Crippen molar-refractivity contribution in [1.82, 2.24) is 14.8 Å². The first-order valence-electron chi connectivity index (χ1n) is 6.89. The number of hydrogen-bond acceptors (Lipinski definition) is 4. The van der Waals surface area contributed by atoms with Gasteiger partial charge in [0.15, 0.2) is 0 Å². The molecule has 0 unspecified atom stereocenters. The van der Waals surface area contributed by atoms with Gasteiger partial charge in [0.25, 0.3) is 0 Å². The second-order valence-electron chi connectivity index (χ2n) is 5.04. The van der Waals surface area contributed by atoms with Crippen LogP contribution in [0, 0.1) is 0 Å². The van der Waals surface area contributed by atoms with Crippen LogP contribution in [-0.2, 0) is 18.4 Å². The normalized spacial score (nSPS) is 11.8. The molecule has 1 aromatic carbocycles. The molecule has 0 radical (unpaired) electrons. The van der Waals surface area contributed by atoms with Crippen LogP contribution in [0.5, 0.6) is 0 Å². The van der Waals surface area contributed by atoms with E-state index in [1.807, 2.05) is 35.0 Å². The second kappa shape index (κ2) is 6.63. The van der Waals surface area contributed by atoms with Crippen LogP contribution in [-0.4, -0.2) is 38.2 Å². The molecule has 0 bridgehead atoms. The molecule has 0 saturated heterocycles. The number of aliphatic hydroxyl groups excluding tert-OH is 2. The maximum atomic E-state index is 9.83. The Morgan fingerprint density at radius 3 is 2.45 bits per heavy atom. The Balaban J connectivity index is 2.32. The third-order valence-electron chi connectivity index (χ3n) is 3.62. The molecule has 0 saturated carbocycles. The van der Waals surface area contributed by atoms with E-state index in [2.05, 4.69) is 17.0 Å². The van der Waals surface area contributed by atoms with Gasteiger partial charge in [-0.3, -0.25) is 4.68 Å². The molecule has 2 aromatic rings. The average molecular weight is 275 g/mol. The monoisotopic (exact) mass is 275 g/mol. The molecule has 1 heterocycles. The number of aryl methyl sites for hydroxylation is 1. The fraction of sp³-hybridized carbons (Fsp3) is 0.467. The molecule has 0 amide bonds. The van der Waals surface area contributed by atoms with Crippen LogP contribution < -0.4 is 0 Å². The van der Waals surface area contributed by atoms with Crippen molar-refractivity contribution < 1.29 is 10.2 Å². The van der Waals surface area contributed by atoms with E-state index in [1.54, 1.807) is 0 Å². The summed E-state index contributed by atoms with van der Waals surface area (Å²) in [7, 11) is 0. The van der Waals surface area contributed by atoms with Gasteiger partial charge in [-0.2, -0.15) is 5.10 Å². The van der Waals surface area contributed by atoms with E-state index in [4.69, 9.17) is 0 Å². The molecule has 108 valence electrons. The minimum Gasteiger partial charge on any atom is -0.395 e. The topological polar surface area (TPSA) is 71.2 Å². The average Bonchev–Trinajstić information content (AvgIpc) is 2.93. The Kier molecular flexibility index (Phi) is 4.87. The van der Waals surface area contributed by atoms with E-state index >= 15 is 0 Å². The van der Waals surface area contributed by atoms with Gasteiger partial charge >= 0.3 is 0 Å². The van der Waals surface area contributed by atoms with E-state index in [0.717, 1.165) is 24.4 Å². The van der Waals surface area contributed by atoms with Crippen LogP contribution in [0.15, 0.2) is 36.7 Å². The SMILES string of the molecule is CCCn1ncnc1CC(CO)(CO)c1ccccc1. The number of benzene rings is 1. The molecule has 2 rings (SSSR count). The summed E-state index contributed by atoms with van der Waals surface area (Å²) in [4.78, 5) is 4.27. The zero-order chi connectivity index (χ0) is 14.4. The van der Waals surface area contributed by atoms with Crippen LogP contribution in [0.2, 0.25) is 0 Å². The molecule has 0 spiro atoms. The van der Waals surface area contributed by atoms with Crippen LogP contribution in [0.1, 0.15) is 24.7 Å². The zero-order valence-corrected chi connectivity index (χ0v) is 11.7. The van der Waals surface area contributed by atoms with Gasteiger partial charge in [-0.15, -0.1) is 0 Å². The van der Waals surface area contributed by atoms with Crippen molar-refractivity contribution in [3.05, 3.63) is 48.0 Å². The minimum atomic E-state index is -0.722. The van der Waals surface area contributed by atoms with Gasteiger partial charge in [-0.25, -0.2) is 4.98 Å². The lowest BCUT2D eigenvalue weighted by atomic mass is 9.78. The highest BCUT2D eigenvalue weighted by molar-refractivity contribution is 5.27. The fourth-order valence-corrected chi connectivity index (χ4v) is 2.36. The van der Waals surface area contributed by atoms with Gasteiger partial charge < -0.3 is 10.2 Å². The molecule has 5 heteroatoms. The molecular formula is C15H21N3O2. The lowest BCUT2D eigenvalue weighted by Crippen LogP contribution is -2.38. The first-order chi connectivity index (χ1) is 9.75. The fourth-order valence-electron chi connectivity index (χ4n) is 2.36. The summed E-state index contributed by atoms with van der Waals surface area (Å²) in [5.74, 6) is 0.791. The van der Waals surface area contributed by atoms with Crippen molar-refractivity contribution >= 4 is 0 Å². The Labute approximate surface area is 118 Å². The van der Waals surface area contributed by atoms with Crippen LogP contribution in [0.4, 0.5) is 0 Å². The third-order valence-corrected chi connectivity index (χ3v) is 3.62. The zero-order valence-electron chi connectivity index (χ0n) is 11.7. The van der Waals surface area contributed by atoms with Crippen molar-refractivity contribution in [2.24, 2.45) is 0 Å². The largest absolute Gasteiger partial charge is 0.395 e. The van der Waals surface area contributed by atoms with Crippen molar-refractivity contribution in [2.45, 2.75) is 31.7 Å². The highest BCUT2D eigenvalue weighted by Gasteiger charge is 2.33. The Hall–Kier alpha value is -1.72. The Bertz CT molecular complexity index is 521. The lowest BCUT2D eigenvalue weighted by Gasteiger charge is -2.30. The molecule has 0 aliphatic heterocycles. The summed E-state index contributed by atoms with van der Waals surface area (Å²) >= 11 is 0. The molecule has 0 aliphatic rings. The summed E-state index contributed by atoms with van der Waals surface area (Å²) in [6, 6.07) is 9.58. The van der Waals surface area contributed by atoms with Crippen LogP contribution in [0.25, 0.3) is 0 Å². The number of aromatic nitrogens is 3. The molecule has 5 nitrogen and oxygen atoms in total. The van der Waals surface area contributed by atoms with Crippen molar-refractivity contribution in [2.75, 3.05) is 13.2 Å². The summed E-state index contributed by atoms with van der Waals surface area (Å²) < 4.78 is 1.84. The van der Waals surface area contributed by atoms with Crippen molar-refractivity contribution in [1.29, 1.82) is 0 Å². The van der Waals surface area contributed by atoms with Crippen molar-refractivity contribution in [3.8, 4) is 0 Å². The van der Waals surface area contributed by atoms with E-state index in [9.17, 15) is 10.2 Å². The van der Waals surface area contributed by atoms with E-state index in [0.29, 0.717) is 6.42 Å². The van der Waals surface area contributed by atoms with E-state index in [-0.39, 0.29) is 13.2 Å². The highest BCUT2D eigenvalue weighted by Crippen LogP contribution is 2.27. The molecule has 0 aliphatic carbocycles. The number of aliphatic hydroxyl groups is 2. The van der Waals surface area contributed by atoms with E-state index < -0.39 is 5.41 Å².